The Morgan fingerprint density at radius 2 is 2.03 bits per heavy atom. The van der Waals surface area contributed by atoms with Crippen LogP contribution >= 0.6 is 24.0 Å². The minimum Gasteiger partial charge on any atom is -0.450 e. The highest BCUT2D eigenvalue weighted by molar-refractivity contribution is 14.0. The van der Waals surface area contributed by atoms with Crippen molar-refractivity contribution in [1.29, 1.82) is 0 Å². The van der Waals surface area contributed by atoms with Gasteiger partial charge in [0, 0.05) is 44.5 Å². The normalized spacial score (nSPS) is 14.6. The Kier molecular flexibility index (Phi) is 9.85. The molecule has 1 aromatic carbocycles. The monoisotopic (exact) mass is 523 g/mol. The van der Waals surface area contributed by atoms with Crippen LogP contribution in [0, 0.1) is 0 Å². The summed E-state index contributed by atoms with van der Waals surface area (Å²) in [6.07, 6.45) is 3.32. The molecule has 3 rings (SSSR count). The number of hydrogen-bond donors (Lipinski definition) is 2. The molecule has 1 aromatic heterocycles. The Morgan fingerprint density at radius 3 is 2.70 bits per heavy atom. The lowest BCUT2D eigenvalue weighted by Gasteiger charge is -2.32. The number of carbonyl (C=O) groups excluding carboxylic acids is 1. The van der Waals surface area contributed by atoms with E-state index in [9.17, 15) is 4.79 Å². The predicted octanol–water partition coefficient (Wildman–Crippen LogP) is 3.65. The number of rotatable bonds is 5. The van der Waals surface area contributed by atoms with Gasteiger partial charge in [0.2, 0.25) is 0 Å². The Hall–Kier alpha value is -2.36. The largest absolute Gasteiger partial charge is 0.450 e. The van der Waals surface area contributed by atoms with E-state index in [-0.39, 0.29) is 36.1 Å². The van der Waals surface area contributed by atoms with Crippen LogP contribution in [0.4, 0.5) is 4.79 Å². The van der Waals surface area contributed by atoms with Crippen LogP contribution in [-0.2, 0) is 11.3 Å². The van der Waals surface area contributed by atoms with E-state index < -0.39 is 0 Å². The van der Waals surface area contributed by atoms with E-state index in [0.29, 0.717) is 26.2 Å². The van der Waals surface area contributed by atoms with E-state index in [4.69, 9.17) is 4.74 Å². The molecule has 0 atom stereocenters. The SMILES string of the molecule is CCOC(=O)N1CCC(NC(=NC)NCc2cccc(-c3ccccn3)c2)CC1.I. The van der Waals surface area contributed by atoms with Gasteiger partial charge in [0.15, 0.2) is 5.96 Å². The molecule has 8 heteroatoms. The molecular formula is C22H30IN5O2. The third kappa shape index (κ3) is 6.86. The van der Waals surface area contributed by atoms with Crippen molar-refractivity contribution in [2.24, 2.45) is 4.99 Å². The molecule has 0 radical (unpaired) electrons. The fourth-order valence-electron chi connectivity index (χ4n) is 3.37. The maximum atomic E-state index is 11.8. The molecular weight excluding hydrogens is 493 g/mol. The molecule has 162 valence electrons. The third-order valence-electron chi connectivity index (χ3n) is 4.93. The molecule has 1 aliphatic heterocycles. The molecule has 1 fully saturated rings. The van der Waals surface area contributed by atoms with Crippen LogP contribution < -0.4 is 10.6 Å². The van der Waals surface area contributed by atoms with Gasteiger partial charge in [0.1, 0.15) is 0 Å². The minimum atomic E-state index is -0.221. The third-order valence-corrected chi connectivity index (χ3v) is 4.93. The molecule has 1 amide bonds. The number of amides is 1. The zero-order valence-corrected chi connectivity index (χ0v) is 19.8. The maximum absolute atomic E-state index is 11.8. The van der Waals surface area contributed by atoms with E-state index >= 15 is 0 Å². The summed E-state index contributed by atoms with van der Waals surface area (Å²) < 4.78 is 5.07. The Morgan fingerprint density at radius 1 is 1.23 bits per heavy atom. The van der Waals surface area contributed by atoms with Crippen LogP contribution in [-0.4, -0.2) is 54.7 Å². The average Bonchev–Trinajstić information content (AvgIpc) is 2.78. The summed E-state index contributed by atoms with van der Waals surface area (Å²) in [5, 5.41) is 6.84. The standard InChI is InChI=1S/C22H29N5O2.HI/c1-3-29-22(28)27-13-10-19(11-14-27)26-21(23-2)25-16-17-7-6-8-18(15-17)20-9-4-5-12-24-20;/h4-9,12,15,19H,3,10-11,13-14,16H2,1-2H3,(H2,23,25,26);1H. The first kappa shape index (κ1) is 23.9. The number of benzene rings is 1. The molecule has 0 spiro atoms. The van der Waals surface area contributed by atoms with Crippen molar-refractivity contribution >= 4 is 36.0 Å². The van der Waals surface area contributed by atoms with E-state index in [1.54, 1.807) is 18.1 Å². The number of nitrogens with one attached hydrogen (secondary N) is 2. The van der Waals surface area contributed by atoms with Crippen molar-refractivity contribution in [3.05, 3.63) is 54.2 Å². The average molecular weight is 523 g/mol. The van der Waals surface area contributed by atoms with Gasteiger partial charge in [0.05, 0.1) is 12.3 Å². The van der Waals surface area contributed by atoms with Crippen molar-refractivity contribution in [1.82, 2.24) is 20.5 Å². The van der Waals surface area contributed by atoms with Gasteiger partial charge < -0.3 is 20.3 Å². The Labute approximate surface area is 195 Å². The second kappa shape index (κ2) is 12.4. The number of ether oxygens (including phenoxy) is 1. The number of pyridine rings is 1. The second-order valence-electron chi connectivity index (χ2n) is 6.95. The number of carbonyl (C=O) groups is 1. The lowest BCUT2D eigenvalue weighted by Crippen LogP contribution is -2.49. The topological polar surface area (TPSA) is 78.8 Å². The van der Waals surface area contributed by atoms with Gasteiger partial charge >= 0.3 is 6.09 Å². The molecule has 0 saturated carbocycles. The molecule has 1 saturated heterocycles. The van der Waals surface area contributed by atoms with Crippen molar-refractivity contribution in [3.8, 4) is 11.3 Å². The van der Waals surface area contributed by atoms with E-state index in [0.717, 1.165) is 35.6 Å². The molecule has 0 unspecified atom stereocenters. The summed E-state index contributed by atoms with van der Waals surface area (Å²) in [5.41, 5.74) is 3.22. The highest BCUT2D eigenvalue weighted by Crippen LogP contribution is 2.17. The fourth-order valence-corrected chi connectivity index (χ4v) is 3.37. The number of hydrogen-bond acceptors (Lipinski definition) is 4. The van der Waals surface area contributed by atoms with Gasteiger partial charge in [-0.25, -0.2) is 4.79 Å². The van der Waals surface area contributed by atoms with Gasteiger partial charge in [0.25, 0.3) is 0 Å². The Bertz CT molecular complexity index is 823. The first-order chi connectivity index (χ1) is 14.2. The second-order valence-corrected chi connectivity index (χ2v) is 6.95. The zero-order chi connectivity index (χ0) is 20.5. The highest BCUT2D eigenvalue weighted by Gasteiger charge is 2.24. The van der Waals surface area contributed by atoms with Gasteiger partial charge in [-0.3, -0.25) is 9.98 Å². The molecule has 7 nitrogen and oxygen atoms in total. The van der Waals surface area contributed by atoms with Crippen LogP contribution in [0.15, 0.2) is 53.7 Å². The van der Waals surface area contributed by atoms with Gasteiger partial charge in [-0.2, -0.15) is 0 Å². The fraction of sp³-hybridized carbons (Fsp3) is 0.409. The number of likely N-dealkylation sites (tertiary alicyclic amines) is 1. The molecule has 2 heterocycles. The molecule has 30 heavy (non-hydrogen) atoms. The molecule has 0 bridgehead atoms. The number of piperidine rings is 1. The predicted molar refractivity (Wildman–Crippen MR) is 130 cm³/mol. The number of aromatic nitrogens is 1. The van der Waals surface area contributed by atoms with Crippen molar-refractivity contribution in [2.75, 3.05) is 26.7 Å². The first-order valence-corrected chi connectivity index (χ1v) is 10.1. The smallest absolute Gasteiger partial charge is 0.409 e. The highest BCUT2D eigenvalue weighted by atomic mass is 127. The molecule has 0 aliphatic carbocycles. The van der Waals surface area contributed by atoms with Crippen molar-refractivity contribution in [3.63, 3.8) is 0 Å². The number of nitrogens with zero attached hydrogens (tertiary/aromatic N) is 3. The maximum Gasteiger partial charge on any atom is 0.409 e. The molecule has 2 aromatic rings. The first-order valence-electron chi connectivity index (χ1n) is 10.1. The summed E-state index contributed by atoms with van der Waals surface area (Å²) in [4.78, 5) is 22.3. The quantitative estimate of drug-likeness (QED) is 0.356. The van der Waals surface area contributed by atoms with E-state index in [2.05, 4.69) is 38.8 Å². The van der Waals surface area contributed by atoms with Crippen LogP contribution in [0.5, 0.6) is 0 Å². The zero-order valence-electron chi connectivity index (χ0n) is 17.5. The van der Waals surface area contributed by atoms with Crippen LogP contribution in [0.25, 0.3) is 11.3 Å². The molecule has 1 aliphatic rings. The number of aliphatic imine (C=N–C) groups is 1. The van der Waals surface area contributed by atoms with Gasteiger partial charge in [-0.1, -0.05) is 24.3 Å². The van der Waals surface area contributed by atoms with Gasteiger partial charge in [-0.05, 0) is 43.5 Å². The van der Waals surface area contributed by atoms with Crippen molar-refractivity contribution < 1.29 is 9.53 Å². The minimum absolute atomic E-state index is 0. The van der Waals surface area contributed by atoms with Crippen molar-refractivity contribution in [2.45, 2.75) is 32.4 Å². The lowest BCUT2D eigenvalue weighted by molar-refractivity contribution is 0.0963. The van der Waals surface area contributed by atoms with E-state index in [1.807, 2.05) is 31.2 Å². The van der Waals surface area contributed by atoms with Gasteiger partial charge in [-0.15, -0.1) is 24.0 Å². The van der Waals surface area contributed by atoms with Crippen LogP contribution in [0.2, 0.25) is 0 Å². The van der Waals surface area contributed by atoms with E-state index in [1.165, 1.54) is 0 Å². The summed E-state index contributed by atoms with van der Waals surface area (Å²) in [5.74, 6) is 0.767. The summed E-state index contributed by atoms with van der Waals surface area (Å²) >= 11 is 0. The summed E-state index contributed by atoms with van der Waals surface area (Å²) in [6.45, 7) is 4.30. The lowest BCUT2D eigenvalue weighted by atomic mass is 10.1. The summed E-state index contributed by atoms with van der Waals surface area (Å²) in [6, 6.07) is 14.5. The molecule has 2 N–H and O–H groups in total. The number of halogens is 1. The van der Waals surface area contributed by atoms with Crippen LogP contribution in [0.1, 0.15) is 25.3 Å². The number of guanidine groups is 1. The summed E-state index contributed by atoms with van der Waals surface area (Å²) in [7, 11) is 1.77. The Balaban J connectivity index is 0.00000320. The van der Waals surface area contributed by atoms with Crippen LogP contribution in [0.3, 0.4) is 0 Å².